The molecule has 0 saturated heterocycles. The standard InChI is InChI=1S/C31H59N3O7Si/c1-8-12-13-16-27(41-29(37)33-24-31(7)22-26(34-25-35)21-30(5,6)23-31)17-14-18-28(36)32-19-15-20-42(38-9-2,39-10-3)40-11-4/h26-27H,8-24H2,1-7H3,(H,32,36)(H,33,37). The van der Waals surface area contributed by atoms with E-state index in [0.717, 1.165) is 51.4 Å². The Morgan fingerprint density at radius 1 is 0.929 bits per heavy atom. The molecule has 0 aromatic carbocycles. The van der Waals surface area contributed by atoms with Crippen LogP contribution in [0.1, 0.15) is 119 Å². The first-order chi connectivity index (χ1) is 20.0. The van der Waals surface area contributed by atoms with Gasteiger partial charge in [-0.1, -0.05) is 40.5 Å². The summed E-state index contributed by atoms with van der Waals surface area (Å²) >= 11 is 0. The number of alkyl carbamates (subject to hydrolysis) is 1. The number of nitrogens with one attached hydrogen (secondary N) is 2. The molecule has 1 rings (SSSR count). The zero-order valence-electron chi connectivity index (χ0n) is 27.5. The van der Waals surface area contributed by atoms with Gasteiger partial charge in [-0.05, 0) is 83.0 Å². The number of unbranched alkanes of at least 4 members (excludes halogenated alkanes) is 2. The minimum absolute atomic E-state index is 0.0105. The zero-order valence-corrected chi connectivity index (χ0v) is 28.5. The van der Waals surface area contributed by atoms with Gasteiger partial charge in [-0.15, -0.1) is 0 Å². The predicted octanol–water partition coefficient (Wildman–Crippen LogP) is 6.31. The van der Waals surface area contributed by atoms with E-state index in [1.165, 1.54) is 0 Å². The van der Waals surface area contributed by atoms with Crippen molar-refractivity contribution in [3.05, 3.63) is 0 Å². The molecular formula is C31H59N3O7Si. The van der Waals surface area contributed by atoms with Gasteiger partial charge in [0.05, 0.1) is 6.04 Å². The van der Waals surface area contributed by atoms with E-state index in [9.17, 15) is 14.4 Å². The molecular weight excluding hydrogens is 554 g/mol. The summed E-state index contributed by atoms with van der Waals surface area (Å²) in [5, 5.41) is 5.97. The van der Waals surface area contributed by atoms with E-state index in [-0.39, 0.29) is 28.9 Å². The number of hydrogen-bond donors (Lipinski definition) is 2. The number of carbonyl (C=O) groups is 2. The smallest absolute Gasteiger partial charge is 0.446 e. The summed E-state index contributed by atoms with van der Waals surface area (Å²) in [4.78, 5) is 40.2. The number of hydrogen-bond acceptors (Lipinski definition) is 8. The third-order valence-corrected chi connectivity index (χ3v) is 10.9. The number of ether oxygens (including phenoxy) is 1. The van der Waals surface area contributed by atoms with Crippen molar-refractivity contribution in [1.29, 1.82) is 0 Å². The van der Waals surface area contributed by atoms with Gasteiger partial charge >= 0.3 is 14.9 Å². The van der Waals surface area contributed by atoms with Crippen molar-refractivity contribution in [2.45, 2.75) is 137 Å². The van der Waals surface area contributed by atoms with Crippen molar-refractivity contribution in [2.24, 2.45) is 15.8 Å². The average Bonchev–Trinajstić information content (AvgIpc) is 2.90. The Balaban J connectivity index is 2.53. The molecule has 42 heavy (non-hydrogen) atoms. The highest BCUT2D eigenvalue weighted by atomic mass is 28.4. The van der Waals surface area contributed by atoms with Gasteiger partial charge in [0.15, 0.2) is 0 Å². The van der Waals surface area contributed by atoms with Crippen LogP contribution in [0.25, 0.3) is 0 Å². The fourth-order valence-electron chi connectivity index (χ4n) is 6.35. The molecule has 0 heterocycles. The van der Waals surface area contributed by atoms with Crippen LogP contribution in [-0.4, -0.2) is 71.9 Å². The summed E-state index contributed by atoms with van der Waals surface area (Å²) in [5.74, 6) is -0.0105. The summed E-state index contributed by atoms with van der Waals surface area (Å²) in [5.41, 5.74) is -0.161. The fourth-order valence-corrected chi connectivity index (χ4v) is 8.97. The number of amides is 2. The van der Waals surface area contributed by atoms with Crippen LogP contribution in [0.15, 0.2) is 4.99 Å². The third-order valence-electron chi connectivity index (χ3n) is 7.72. The lowest BCUT2D eigenvalue weighted by Gasteiger charge is -2.45. The average molecular weight is 614 g/mol. The van der Waals surface area contributed by atoms with Crippen molar-refractivity contribution in [2.75, 3.05) is 32.9 Å². The molecule has 244 valence electrons. The van der Waals surface area contributed by atoms with Crippen LogP contribution < -0.4 is 10.6 Å². The lowest BCUT2D eigenvalue weighted by Crippen LogP contribution is -2.46. The Morgan fingerprint density at radius 3 is 2.17 bits per heavy atom. The van der Waals surface area contributed by atoms with Gasteiger partial charge in [0.25, 0.3) is 0 Å². The van der Waals surface area contributed by atoms with E-state index in [1.54, 1.807) is 6.08 Å². The molecule has 2 N–H and O–H groups in total. The van der Waals surface area contributed by atoms with Crippen LogP contribution in [0.4, 0.5) is 4.79 Å². The summed E-state index contributed by atoms with van der Waals surface area (Å²) < 4.78 is 23.5. The second-order valence-corrected chi connectivity index (χ2v) is 15.4. The second kappa shape index (κ2) is 20.2. The number of rotatable bonds is 22. The molecule has 1 aliphatic carbocycles. The molecule has 1 fully saturated rings. The fraction of sp³-hybridized carbons (Fsp3) is 0.903. The van der Waals surface area contributed by atoms with Crippen LogP contribution in [0.5, 0.6) is 0 Å². The van der Waals surface area contributed by atoms with E-state index in [0.29, 0.717) is 58.2 Å². The summed E-state index contributed by atoms with van der Waals surface area (Å²) in [6, 6.07) is 0.581. The first kappa shape index (κ1) is 38.2. The lowest BCUT2D eigenvalue weighted by molar-refractivity contribution is -0.121. The monoisotopic (exact) mass is 613 g/mol. The van der Waals surface area contributed by atoms with Gasteiger partial charge in [0.2, 0.25) is 12.0 Å². The van der Waals surface area contributed by atoms with Crippen LogP contribution in [-0.2, 0) is 27.6 Å². The molecule has 0 radical (unpaired) electrons. The highest BCUT2D eigenvalue weighted by molar-refractivity contribution is 6.60. The minimum atomic E-state index is -2.70. The second-order valence-electron chi connectivity index (χ2n) is 12.6. The molecule has 10 nitrogen and oxygen atoms in total. The quantitative estimate of drug-likeness (QED) is 0.0635. The number of carbonyl (C=O) groups excluding carboxylic acids is 3. The Kier molecular flexibility index (Phi) is 18.4. The largest absolute Gasteiger partial charge is 0.500 e. The SMILES string of the molecule is CCCCCC(CCCC(=O)NCCC[Si](OCC)(OCC)OCC)OC(=O)NCC1(C)CC(N=C=O)CC(C)(C)C1. The summed E-state index contributed by atoms with van der Waals surface area (Å²) in [6.07, 6.45) is 9.84. The Hall–Kier alpha value is -1.78. The highest BCUT2D eigenvalue weighted by Gasteiger charge is 2.42. The van der Waals surface area contributed by atoms with Gasteiger partial charge in [-0.2, -0.15) is 0 Å². The Labute approximate surface area is 255 Å². The zero-order chi connectivity index (χ0) is 31.5. The predicted molar refractivity (Wildman–Crippen MR) is 167 cm³/mol. The first-order valence-corrected chi connectivity index (χ1v) is 18.1. The van der Waals surface area contributed by atoms with Gasteiger partial charge < -0.3 is 28.6 Å². The molecule has 0 aromatic heterocycles. The van der Waals surface area contributed by atoms with Crippen molar-refractivity contribution in [3.63, 3.8) is 0 Å². The molecule has 11 heteroatoms. The molecule has 0 aromatic rings. The van der Waals surface area contributed by atoms with Gasteiger partial charge in [0, 0.05) is 45.4 Å². The molecule has 2 amide bonds. The Bertz CT molecular complexity index is 820. The molecule has 1 aliphatic rings. The van der Waals surface area contributed by atoms with Crippen molar-refractivity contribution in [3.8, 4) is 0 Å². The molecule has 3 atom stereocenters. The lowest BCUT2D eigenvalue weighted by atomic mass is 9.63. The van der Waals surface area contributed by atoms with Crippen molar-refractivity contribution >= 4 is 26.9 Å². The first-order valence-electron chi connectivity index (χ1n) is 16.2. The maximum absolute atomic E-state index is 12.8. The van der Waals surface area contributed by atoms with E-state index in [4.69, 9.17) is 18.0 Å². The van der Waals surface area contributed by atoms with E-state index in [2.05, 4.69) is 43.3 Å². The van der Waals surface area contributed by atoms with Crippen LogP contribution >= 0.6 is 0 Å². The van der Waals surface area contributed by atoms with Crippen LogP contribution in [0.2, 0.25) is 6.04 Å². The van der Waals surface area contributed by atoms with Gasteiger partial charge in [-0.25, -0.2) is 14.6 Å². The van der Waals surface area contributed by atoms with Crippen molar-refractivity contribution < 1.29 is 32.4 Å². The topological polar surface area (TPSA) is 125 Å². The Morgan fingerprint density at radius 2 is 1.57 bits per heavy atom. The van der Waals surface area contributed by atoms with E-state index >= 15 is 0 Å². The maximum atomic E-state index is 12.8. The molecule has 3 unspecified atom stereocenters. The maximum Gasteiger partial charge on any atom is 0.500 e. The van der Waals surface area contributed by atoms with Crippen LogP contribution in [0.3, 0.4) is 0 Å². The molecule has 1 saturated carbocycles. The third kappa shape index (κ3) is 15.6. The van der Waals surface area contributed by atoms with Gasteiger partial charge in [0.1, 0.15) is 6.10 Å². The van der Waals surface area contributed by atoms with Crippen LogP contribution in [0, 0.1) is 10.8 Å². The molecule has 0 spiro atoms. The number of isocyanates is 1. The highest BCUT2D eigenvalue weighted by Crippen LogP contribution is 2.46. The van der Waals surface area contributed by atoms with E-state index in [1.807, 2.05) is 20.8 Å². The molecule has 0 aliphatic heterocycles. The summed E-state index contributed by atoms with van der Waals surface area (Å²) in [6.45, 7) is 17.0. The normalized spacial score (nSPS) is 20.8. The van der Waals surface area contributed by atoms with Crippen molar-refractivity contribution in [1.82, 2.24) is 10.6 Å². The minimum Gasteiger partial charge on any atom is -0.446 e. The number of aliphatic imine (C=N–C) groups is 1. The summed E-state index contributed by atoms with van der Waals surface area (Å²) in [7, 11) is -2.70. The van der Waals surface area contributed by atoms with Gasteiger partial charge in [-0.3, -0.25) is 4.79 Å². The number of nitrogens with zero attached hydrogens (tertiary/aromatic N) is 1. The van der Waals surface area contributed by atoms with E-state index < -0.39 is 14.9 Å². The molecule has 0 bridgehead atoms.